The van der Waals surface area contributed by atoms with Crippen LogP contribution in [0.3, 0.4) is 0 Å². The van der Waals surface area contributed by atoms with Crippen LogP contribution in [0.4, 0.5) is 11.4 Å². The lowest BCUT2D eigenvalue weighted by Gasteiger charge is -2.35. The van der Waals surface area contributed by atoms with E-state index in [1.165, 1.54) is 11.5 Å². The van der Waals surface area contributed by atoms with Crippen molar-refractivity contribution in [1.82, 2.24) is 14.3 Å². The summed E-state index contributed by atoms with van der Waals surface area (Å²) in [6.45, 7) is 8.62. The largest absolute Gasteiger partial charge is 0.370 e. The normalized spacial score (nSPS) is 14.5. The number of hydrogen-bond donors (Lipinski definition) is 1. The molecule has 0 saturated carbocycles. The maximum absolute atomic E-state index is 13.3. The van der Waals surface area contributed by atoms with E-state index < -0.39 is 0 Å². The first-order valence-corrected chi connectivity index (χ1v) is 12.9. The molecule has 7 nitrogen and oxygen atoms in total. The van der Waals surface area contributed by atoms with E-state index in [1.54, 1.807) is 6.20 Å². The Morgan fingerprint density at radius 1 is 1.21 bits per heavy atom. The number of pyridine rings is 1. The Morgan fingerprint density at radius 2 is 1.91 bits per heavy atom. The molecule has 9 heteroatoms. The Balaban J connectivity index is 1.58. The minimum absolute atomic E-state index is 0.0104. The monoisotopic (exact) mass is 529 g/mol. The molecule has 2 aromatic heterocycles. The zero-order valence-corrected chi connectivity index (χ0v) is 21.5. The standard InChI is InChI=1S/C24H28BrN5O2S/c1-4-29(5-2)24(32)17-14-26-23-20(15(3)28-33-23)21(17)30-12-10-16(11-13-30)22(31)27-19-9-7-6-8-18(19)25/h6-9,14,16H,4-5,10-13H2,1-3H3,(H,27,31). The first kappa shape index (κ1) is 23.6. The highest BCUT2D eigenvalue weighted by molar-refractivity contribution is 9.10. The van der Waals surface area contributed by atoms with Gasteiger partial charge in [0.25, 0.3) is 5.91 Å². The molecule has 1 fully saturated rings. The predicted octanol–water partition coefficient (Wildman–Crippen LogP) is 5.10. The van der Waals surface area contributed by atoms with Crippen LogP contribution in [0.15, 0.2) is 34.9 Å². The highest BCUT2D eigenvalue weighted by Crippen LogP contribution is 2.37. The zero-order valence-electron chi connectivity index (χ0n) is 19.1. The van der Waals surface area contributed by atoms with Gasteiger partial charge in [0.1, 0.15) is 4.83 Å². The summed E-state index contributed by atoms with van der Waals surface area (Å²) in [5.74, 6) is -0.0487. The van der Waals surface area contributed by atoms with Crippen LogP contribution in [-0.4, -0.2) is 52.3 Å². The molecular formula is C24H28BrN5O2S. The number of amides is 2. The number of carbonyl (C=O) groups is 2. The number of benzene rings is 1. The fourth-order valence-electron chi connectivity index (χ4n) is 4.37. The van der Waals surface area contributed by atoms with E-state index in [0.717, 1.165) is 44.6 Å². The minimum atomic E-state index is -0.0747. The summed E-state index contributed by atoms with van der Waals surface area (Å²) in [6.07, 6.45) is 3.13. The zero-order chi connectivity index (χ0) is 23.5. The number of halogens is 1. The molecule has 3 heterocycles. The van der Waals surface area contributed by atoms with Crippen molar-refractivity contribution in [2.45, 2.75) is 33.6 Å². The van der Waals surface area contributed by atoms with Gasteiger partial charge in [0, 0.05) is 42.8 Å². The second-order valence-corrected chi connectivity index (χ2v) is 9.78. The van der Waals surface area contributed by atoms with E-state index in [0.29, 0.717) is 31.7 Å². The highest BCUT2D eigenvalue weighted by atomic mass is 79.9. The van der Waals surface area contributed by atoms with Gasteiger partial charge in [0.2, 0.25) is 5.91 Å². The van der Waals surface area contributed by atoms with Crippen molar-refractivity contribution in [2.24, 2.45) is 5.92 Å². The van der Waals surface area contributed by atoms with Crippen molar-refractivity contribution in [3.8, 4) is 0 Å². The number of aromatic nitrogens is 2. The first-order valence-electron chi connectivity index (χ1n) is 11.3. The van der Waals surface area contributed by atoms with E-state index in [1.807, 2.05) is 49.9 Å². The van der Waals surface area contributed by atoms with Gasteiger partial charge in [-0.1, -0.05) is 12.1 Å². The Bertz CT molecular complexity index is 1170. The summed E-state index contributed by atoms with van der Waals surface area (Å²) >= 11 is 4.85. The number of piperidine rings is 1. The van der Waals surface area contributed by atoms with Crippen molar-refractivity contribution in [1.29, 1.82) is 0 Å². The van der Waals surface area contributed by atoms with Crippen molar-refractivity contribution >= 4 is 60.9 Å². The van der Waals surface area contributed by atoms with E-state index in [4.69, 9.17) is 0 Å². The van der Waals surface area contributed by atoms with Crippen molar-refractivity contribution in [2.75, 3.05) is 36.4 Å². The first-order chi connectivity index (χ1) is 15.9. The molecule has 1 aliphatic heterocycles. The number of fused-ring (bicyclic) bond motifs is 1. The topological polar surface area (TPSA) is 78.4 Å². The van der Waals surface area contributed by atoms with E-state index in [2.05, 4.69) is 35.5 Å². The number of nitrogens with one attached hydrogen (secondary N) is 1. The lowest BCUT2D eigenvalue weighted by Crippen LogP contribution is -2.40. The fraction of sp³-hybridized carbons (Fsp3) is 0.417. The second-order valence-electron chi connectivity index (χ2n) is 8.18. The number of rotatable bonds is 6. The number of aryl methyl sites for hydroxylation is 1. The van der Waals surface area contributed by atoms with Crippen LogP contribution >= 0.6 is 27.5 Å². The summed E-state index contributed by atoms with van der Waals surface area (Å²) in [5, 5.41) is 4.00. The molecular weight excluding hydrogens is 502 g/mol. The van der Waals surface area contributed by atoms with Crippen LogP contribution in [0.1, 0.15) is 42.7 Å². The molecule has 174 valence electrons. The Morgan fingerprint density at radius 3 is 2.58 bits per heavy atom. The third kappa shape index (κ3) is 4.75. The average molecular weight is 530 g/mol. The lowest BCUT2D eigenvalue weighted by molar-refractivity contribution is -0.120. The van der Waals surface area contributed by atoms with Crippen LogP contribution in [0.5, 0.6) is 0 Å². The Kier molecular flexibility index (Phi) is 7.29. The molecule has 0 unspecified atom stereocenters. The predicted molar refractivity (Wildman–Crippen MR) is 137 cm³/mol. The fourth-order valence-corrected chi connectivity index (χ4v) is 5.50. The number of nitrogens with zero attached hydrogens (tertiary/aromatic N) is 4. The smallest absolute Gasteiger partial charge is 0.257 e. The molecule has 1 saturated heterocycles. The quantitative estimate of drug-likeness (QED) is 0.480. The Hall–Kier alpha value is -2.52. The lowest BCUT2D eigenvalue weighted by atomic mass is 9.94. The van der Waals surface area contributed by atoms with Crippen molar-refractivity contribution in [3.63, 3.8) is 0 Å². The van der Waals surface area contributed by atoms with Gasteiger partial charge >= 0.3 is 0 Å². The molecule has 33 heavy (non-hydrogen) atoms. The summed E-state index contributed by atoms with van der Waals surface area (Å²) in [7, 11) is 0. The SMILES string of the molecule is CCN(CC)C(=O)c1cnc2snc(C)c2c1N1CCC(C(=O)Nc2ccccc2Br)CC1. The van der Waals surface area contributed by atoms with Gasteiger partial charge in [0.15, 0.2) is 0 Å². The Labute approximate surface area is 206 Å². The van der Waals surface area contributed by atoms with Gasteiger partial charge in [-0.15, -0.1) is 0 Å². The molecule has 0 radical (unpaired) electrons. The number of para-hydroxylation sites is 1. The van der Waals surface area contributed by atoms with Gasteiger partial charge < -0.3 is 15.1 Å². The van der Waals surface area contributed by atoms with E-state index >= 15 is 0 Å². The van der Waals surface area contributed by atoms with Crippen LogP contribution < -0.4 is 10.2 Å². The maximum atomic E-state index is 13.3. The number of carbonyl (C=O) groups excluding carboxylic acids is 2. The van der Waals surface area contributed by atoms with Gasteiger partial charge in [-0.3, -0.25) is 9.59 Å². The molecule has 1 N–H and O–H groups in total. The molecule has 4 rings (SSSR count). The van der Waals surface area contributed by atoms with Crippen LogP contribution in [-0.2, 0) is 4.79 Å². The molecule has 2 amide bonds. The summed E-state index contributed by atoms with van der Waals surface area (Å²) in [5.41, 5.74) is 3.20. The molecule has 0 bridgehead atoms. The summed E-state index contributed by atoms with van der Waals surface area (Å²) in [4.78, 5) is 35.7. The number of hydrogen-bond acceptors (Lipinski definition) is 6. The molecule has 3 aromatic rings. The van der Waals surface area contributed by atoms with E-state index in [9.17, 15) is 9.59 Å². The third-order valence-corrected chi connectivity index (χ3v) is 7.78. The van der Waals surface area contributed by atoms with Gasteiger partial charge in [-0.2, -0.15) is 4.37 Å². The summed E-state index contributed by atoms with van der Waals surface area (Å²) in [6, 6.07) is 7.64. The van der Waals surface area contributed by atoms with Crippen molar-refractivity contribution in [3.05, 3.63) is 46.2 Å². The second kappa shape index (κ2) is 10.2. The molecule has 1 aliphatic rings. The van der Waals surface area contributed by atoms with Gasteiger partial charge in [-0.05, 0) is 73.2 Å². The third-order valence-electron chi connectivity index (χ3n) is 6.24. The molecule has 1 aromatic carbocycles. The van der Waals surface area contributed by atoms with Crippen LogP contribution in [0, 0.1) is 12.8 Å². The van der Waals surface area contributed by atoms with Gasteiger partial charge in [-0.25, -0.2) is 4.98 Å². The van der Waals surface area contributed by atoms with Crippen LogP contribution in [0.2, 0.25) is 0 Å². The van der Waals surface area contributed by atoms with E-state index in [-0.39, 0.29) is 17.7 Å². The highest BCUT2D eigenvalue weighted by Gasteiger charge is 2.30. The molecule has 0 aliphatic carbocycles. The van der Waals surface area contributed by atoms with Crippen molar-refractivity contribution < 1.29 is 9.59 Å². The molecule has 0 spiro atoms. The van der Waals surface area contributed by atoms with Crippen LogP contribution in [0.25, 0.3) is 10.2 Å². The molecule has 0 atom stereocenters. The minimum Gasteiger partial charge on any atom is -0.370 e. The van der Waals surface area contributed by atoms with Gasteiger partial charge in [0.05, 0.1) is 28.0 Å². The maximum Gasteiger partial charge on any atom is 0.257 e. The average Bonchev–Trinajstić information content (AvgIpc) is 3.21. The summed E-state index contributed by atoms with van der Waals surface area (Å²) < 4.78 is 5.36. The number of anilines is 2.